The molecule has 1 aliphatic heterocycles. The van der Waals surface area contributed by atoms with E-state index in [1.54, 1.807) is 6.20 Å². The minimum Gasteiger partial charge on any atom is -0.365 e. The van der Waals surface area contributed by atoms with E-state index in [9.17, 15) is 4.79 Å². The van der Waals surface area contributed by atoms with Crippen LogP contribution in [0.15, 0.2) is 35.6 Å². The minimum absolute atomic E-state index is 0.371. The summed E-state index contributed by atoms with van der Waals surface area (Å²) in [4.78, 5) is 21.2. The predicted octanol–water partition coefficient (Wildman–Crippen LogP) is 3.39. The molecule has 0 unspecified atom stereocenters. The fourth-order valence-electron chi connectivity index (χ4n) is 2.90. The van der Waals surface area contributed by atoms with E-state index in [0.29, 0.717) is 4.91 Å². The number of nitrogens with two attached hydrogens (primary N) is 1. The summed E-state index contributed by atoms with van der Waals surface area (Å²) in [6.07, 6.45) is 12.9. The molecule has 1 amide bonds. The molecule has 1 aliphatic carbocycles. The molecule has 2 aromatic heterocycles. The number of aromatic nitrogens is 2. The zero-order valence-corrected chi connectivity index (χ0v) is 13.9. The molecular formula is C17H22N4OS. The van der Waals surface area contributed by atoms with Crippen molar-refractivity contribution in [3.05, 3.63) is 35.6 Å². The zero-order chi connectivity index (χ0) is 16.1. The molecule has 1 saturated carbocycles. The molecule has 0 aromatic carbocycles. The summed E-state index contributed by atoms with van der Waals surface area (Å²) < 4.78 is 0. The zero-order valence-electron chi connectivity index (χ0n) is 13.1. The summed E-state index contributed by atoms with van der Waals surface area (Å²) in [7, 11) is 0. The number of nitrogens with zero attached hydrogens (tertiary/aromatic N) is 2. The number of carbonyl (C=O) groups excluding carboxylic acids is 1. The topological polar surface area (TPSA) is 75.0 Å². The van der Waals surface area contributed by atoms with Crippen LogP contribution in [0.3, 0.4) is 0 Å². The monoisotopic (exact) mass is 330 g/mol. The van der Waals surface area contributed by atoms with Gasteiger partial charge >= 0.3 is 0 Å². The Bertz CT molecular complexity index is 698. The van der Waals surface area contributed by atoms with Gasteiger partial charge in [-0.2, -0.15) is 0 Å². The van der Waals surface area contributed by atoms with Gasteiger partial charge in [-0.15, -0.1) is 11.8 Å². The first-order chi connectivity index (χ1) is 11.3. The largest absolute Gasteiger partial charge is 0.365 e. The molecule has 3 N–H and O–H groups in total. The Labute approximate surface area is 140 Å². The minimum atomic E-state index is -0.371. The third-order valence-corrected chi connectivity index (χ3v) is 5.11. The number of rotatable bonds is 2. The van der Waals surface area contributed by atoms with Crippen molar-refractivity contribution in [1.82, 2.24) is 9.97 Å². The van der Waals surface area contributed by atoms with Crippen LogP contribution >= 0.6 is 11.8 Å². The van der Waals surface area contributed by atoms with E-state index in [-0.39, 0.29) is 5.91 Å². The van der Waals surface area contributed by atoms with Crippen LogP contribution in [0.25, 0.3) is 11.0 Å². The lowest BCUT2D eigenvalue weighted by Gasteiger charge is -2.25. The molecule has 6 heteroatoms. The summed E-state index contributed by atoms with van der Waals surface area (Å²) in [6.45, 7) is 0.853. The van der Waals surface area contributed by atoms with Crippen LogP contribution in [-0.2, 0) is 4.79 Å². The molecule has 0 spiro atoms. The van der Waals surface area contributed by atoms with Crippen molar-refractivity contribution in [2.24, 2.45) is 5.73 Å². The van der Waals surface area contributed by atoms with Crippen LogP contribution in [0.2, 0.25) is 0 Å². The number of fused-ring (bicyclic) bond motifs is 1. The number of H-pyrrole nitrogens is 1. The Kier molecular flexibility index (Phi) is 5.23. The molecule has 2 aliphatic rings. The Morgan fingerprint density at radius 2 is 1.96 bits per heavy atom. The molecule has 1 fully saturated rings. The molecule has 0 radical (unpaired) electrons. The number of primary amides is 1. The van der Waals surface area contributed by atoms with Crippen molar-refractivity contribution in [2.75, 3.05) is 17.2 Å². The number of pyridine rings is 1. The maximum atomic E-state index is 11.2. The van der Waals surface area contributed by atoms with Crippen molar-refractivity contribution in [1.29, 1.82) is 0 Å². The number of anilines is 1. The molecule has 2 aromatic rings. The van der Waals surface area contributed by atoms with Gasteiger partial charge in [-0.1, -0.05) is 32.1 Å². The maximum Gasteiger partial charge on any atom is 0.256 e. The van der Waals surface area contributed by atoms with Gasteiger partial charge in [0, 0.05) is 36.3 Å². The van der Waals surface area contributed by atoms with Gasteiger partial charge in [0.2, 0.25) is 0 Å². The van der Waals surface area contributed by atoms with Crippen LogP contribution in [0.5, 0.6) is 0 Å². The third kappa shape index (κ3) is 3.88. The first-order valence-corrected chi connectivity index (χ1v) is 9.07. The van der Waals surface area contributed by atoms with Crippen molar-refractivity contribution < 1.29 is 4.79 Å². The fourth-order valence-corrected chi connectivity index (χ4v) is 3.75. The van der Waals surface area contributed by atoms with Gasteiger partial charge in [-0.3, -0.25) is 4.79 Å². The number of aromatic amines is 1. The summed E-state index contributed by atoms with van der Waals surface area (Å²) >= 11 is 1.50. The lowest BCUT2D eigenvalue weighted by molar-refractivity contribution is -0.113. The van der Waals surface area contributed by atoms with Gasteiger partial charge in [-0.25, -0.2) is 4.98 Å². The van der Waals surface area contributed by atoms with Crippen LogP contribution in [-0.4, -0.2) is 28.2 Å². The summed E-state index contributed by atoms with van der Waals surface area (Å²) in [5.74, 6) is 0.479. The quantitative estimate of drug-likeness (QED) is 0.885. The van der Waals surface area contributed by atoms with Gasteiger partial charge in [-0.05, 0) is 12.1 Å². The SMILES string of the molecule is C1CCCC1.NC(=O)C1=CN(c2ccnc3[nH]ccc23)CCS1. The van der Waals surface area contributed by atoms with Gasteiger partial charge in [0.1, 0.15) is 5.65 Å². The predicted molar refractivity (Wildman–Crippen MR) is 96.3 cm³/mol. The molecule has 0 saturated heterocycles. The molecule has 4 rings (SSSR count). The second-order valence-corrected chi connectivity index (χ2v) is 6.87. The van der Waals surface area contributed by atoms with E-state index in [2.05, 4.69) is 14.9 Å². The smallest absolute Gasteiger partial charge is 0.256 e. The van der Waals surface area contributed by atoms with E-state index >= 15 is 0 Å². The maximum absolute atomic E-state index is 11.2. The second kappa shape index (κ2) is 7.55. The highest BCUT2D eigenvalue weighted by Gasteiger charge is 2.17. The molecule has 5 nitrogen and oxygen atoms in total. The van der Waals surface area contributed by atoms with Crippen molar-refractivity contribution in [3.63, 3.8) is 0 Å². The Morgan fingerprint density at radius 1 is 1.22 bits per heavy atom. The van der Waals surface area contributed by atoms with E-state index in [0.717, 1.165) is 29.0 Å². The standard InChI is InChI=1S/C12H12N4OS.C5H10/c13-11(17)10-7-16(5-6-18-10)9-2-4-15-12-8(9)1-3-14-12;1-2-4-5-3-1/h1-4,7H,5-6H2,(H2,13,17)(H,14,15);1-5H2. The number of carbonyl (C=O) groups is 1. The summed E-state index contributed by atoms with van der Waals surface area (Å²) in [5, 5.41) is 1.05. The lowest BCUT2D eigenvalue weighted by atomic mass is 10.2. The van der Waals surface area contributed by atoms with Crippen LogP contribution in [0.1, 0.15) is 32.1 Å². The molecule has 3 heterocycles. The molecule has 0 bridgehead atoms. The summed E-state index contributed by atoms with van der Waals surface area (Å²) in [6, 6.07) is 3.93. The average Bonchev–Trinajstić information content (AvgIpc) is 3.28. The van der Waals surface area contributed by atoms with E-state index in [4.69, 9.17) is 5.73 Å². The third-order valence-electron chi connectivity index (χ3n) is 4.10. The van der Waals surface area contributed by atoms with Crippen molar-refractivity contribution in [2.45, 2.75) is 32.1 Å². The number of thioether (sulfide) groups is 1. The number of amides is 1. The van der Waals surface area contributed by atoms with Crippen LogP contribution < -0.4 is 10.6 Å². The number of hydrogen-bond donors (Lipinski definition) is 2. The van der Waals surface area contributed by atoms with E-state index in [1.165, 1.54) is 43.9 Å². The highest BCUT2D eigenvalue weighted by Crippen LogP contribution is 2.30. The highest BCUT2D eigenvalue weighted by atomic mass is 32.2. The molecule has 23 heavy (non-hydrogen) atoms. The van der Waals surface area contributed by atoms with Gasteiger partial charge in [0.15, 0.2) is 0 Å². The normalized spacial score (nSPS) is 17.6. The molecule has 0 atom stereocenters. The van der Waals surface area contributed by atoms with Gasteiger partial charge in [0.25, 0.3) is 5.91 Å². The Hall–Kier alpha value is -1.95. The number of nitrogens with one attached hydrogen (secondary N) is 1. The second-order valence-electron chi connectivity index (χ2n) is 5.74. The first kappa shape index (κ1) is 15.9. The average molecular weight is 330 g/mol. The first-order valence-electron chi connectivity index (χ1n) is 8.09. The molecule has 122 valence electrons. The van der Waals surface area contributed by atoms with E-state index in [1.807, 2.05) is 24.5 Å². The molecular weight excluding hydrogens is 308 g/mol. The van der Waals surface area contributed by atoms with E-state index < -0.39 is 0 Å². The van der Waals surface area contributed by atoms with Crippen LogP contribution in [0, 0.1) is 0 Å². The highest BCUT2D eigenvalue weighted by molar-refractivity contribution is 8.04. The van der Waals surface area contributed by atoms with Crippen LogP contribution in [0.4, 0.5) is 5.69 Å². The Balaban J connectivity index is 0.000000267. The fraction of sp³-hybridized carbons (Fsp3) is 0.412. The number of hydrogen-bond acceptors (Lipinski definition) is 4. The summed E-state index contributed by atoms with van der Waals surface area (Å²) in [5.41, 5.74) is 7.22. The van der Waals surface area contributed by atoms with Gasteiger partial charge < -0.3 is 15.6 Å². The van der Waals surface area contributed by atoms with Crippen molar-refractivity contribution >= 4 is 34.4 Å². The lowest BCUT2D eigenvalue weighted by Crippen LogP contribution is -2.27. The van der Waals surface area contributed by atoms with Gasteiger partial charge in [0.05, 0.1) is 10.6 Å². The Morgan fingerprint density at radius 3 is 2.65 bits per heavy atom. The van der Waals surface area contributed by atoms with Crippen molar-refractivity contribution in [3.8, 4) is 0 Å².